The van der Waals surface area contributed by atoms with Crippen molar-refractivity contribution in [2.45, 2.75) is 59.3 Å². The van der Waals surface area contributed by atoms with Gasteiger partial charge in [0, 0.05) is 19.4 Å². The predicted molar refractivity (Wildman–Crippen MR) is 74.5 cm³/mol. The summed E-state index contributed by atoms with van der Waals surface area (Å²) in [6.07, 6.45) is 4.54. The molecule has 19 heavy (non-hydrogen) atoms. The van der Waals surface area contributed by atoms with Crippen molar-refractivity contribution in [2.75, 3.05) is 13.1 Å². The summed E-state index contributed by atoms with van der Waals surface area (Å²) in [6.45, 7) is 6.69. The van der Waals surface area contributed by atoms with Crippen molar-refractivity contribution in [1.82, 2.24) is 10.2 Å². The van der Waals surface area contributed by atoms with E-state index < -0.39 is 0 Å². The van der Waals surface area contributed by atoms with Gasteiger partial charge >= 0.3 is 0 Å². The van der Waals surface area contributed by atoms with E-state index in [4.69, 9.17) is 0 Å². The zero-order valence-corrected chi connectivity index (χ0v) is 12.3. The Morgan fingerprint density at radius 3 is 2.42 bits per heavy atom. The summed E-state index contributed by atoms with van der Waals surface area (Å²) in [5.41, 5.74) is 0. The third-order valence-corrected chi connectivity index (χ3v) is 2.79. The van der Waals surface area contributed by atoms with E-state index in [1.54, 1.807) is 0 Å². The highest BCUT2D eigenvalue weighted by molar-refractivity contribution is 5.97. The number of carbonyl (C=O) groups is 3. The van der Waals surface area contributed by atoms with Gasteiger partial charge in [-0.25, -0.2) is 0 Å². The molecule has 1 heterocycles. The number of unbranched alkanes of at least 4 members (excludes halogenated alkanes) is 2. The second kappa shape index (κ2) is 10.5. The maximum absolute atomic E-state index is 11.5. The summed E-state index contributed by atoms with van der Waals surface area (Å²) < 4.78 is 0. The van der Waals surface area contributed by atoms with Crippen molar-refractivity contribution in [3.63, 3.8) is 0 Å². The van der Waals surface area contributed by atoms with Gasteiger partial charge in [0.2, 0.25) is 17.7 Å². The Balaban J connectivity index is 0.00000154. The largest absolute Gasteiger partial charge is 0.333 e. The molecule has 3 amide bonds. The van der Waals surface area contributed by atoms with E-state index in [1.807, 2.05) is 13.8 Å². The molecular formula is C14H26N2O3. The van der Waals surface area contributed by atoms with Crippen molar-refractivity contribution in [3.8, 4) is 0 Å². The lowest BCUT2D eigenvalue weighted by atomic mass is 10.2. The predicted octanol–water partition coefficient (Wildman–Crippen LogP) is 1.86. The van der Waals surface area contributed by atoms with E-state index in [1.165, 1.54) is 4.90 Å². The summed E-state index contributed by atoms with van der Waals surface area (Å²) in [4.78, 5) is 35.6. The van der Waals surface area contributed by atoms with E-state index in [9.17, 15) is 14.4 Å². The van der Waals surface area contributed by atoms with Crippen molar-refractivity contribution >= 4 is 17.7 Å². The highest BCUT2D eigenvalue weighted by Crippen LogP contribution is 2.08. The number of nitrogens with one attached hydrogen (secondary N) is 1. The molecule has 1 saturated heterocycles. The van der Waals surface area contributed by atoms with Gasteiger partial charge in [-0.2, -0.15) is 0 Å². The molecule has 5 nitrogen and oxygen atoms in total. The fourth-order valence-electron chi connectivity index (χ4n) is 1.84. The molecule has 0 radical (unpaired) electrons. The monoisotopic (exact) mass is 270 g/mol. The zero-order chi connectivity index (χ0) is 14.7. The summed E-state index contributed by atoms with van der Waals surface area (Å²) in [6, 6.07) is 0. The maximum atomic E-state index is 11.5. The van der Waals surface area contributed by atoms with E-state index in [-0.39, 0.29) is 24.3 Å². The molecule has 0 aromatic carbocycles. The van der Waals surface area contributed by atoms with E-state index in [0.717, 1.165) is 25.7 Å². The maximum Gasteiger partial charge on any atom is 0.246 e. The van der Waals surface area contributed by atoms with Crippen LogP contribution in [0.2, 0.25) is 0 Å². The number of rotatable bonds is 6. The third kappa shape index (κ3) is 7.59. The van der Waals surface area contributed by atoms with Crippen LogP contribution >= 0.6 is 0 Å². The van der Waals surface area contributed by atoms with Crippen molar-refractivity contribution in [3.05, 3.63) is 0 Å². The van der Waals surface area contributed by atoms with Gasteiger partial charge in [-0.3, -0.25) is 19.7 Å². The molecule has 1 aliphatic heterocycles. The van der Waals surface area contributed by atoms with Gasteiger partial charge in [0.05, 0.1) is 6.54 Å². The Labute approximate surface area is 115 Å². The van der Waals surface area contributed by atoms with Gasteiger partial charge < -0.3 is 4.90 Å². The smallest absolute Gasteiger partial charge is 0.246 e. The van der Waals surface area contributed by atoms with Crippen molar-refractivity contribution in [1.29, 1.82) is 0 Å². The standard InChI is InChI=1S/C12H20N2O3.C2H6/c1-2-3-4-6-10(15)13-11(16)9-14-8-5-7-12(14)17;1-2/h2-9H2,1H3,(H,13,15,16);1-2H3. The summed E-state index contributed by atoms with van der Waals surface area (Å²) in [5, 5.41) is 2.31. The van der Waals surface area contributed by atoms with Crippen LogP contribution < -0.4 is 5.32 Å². The van der Waals surface area contributed by atoms with Crippen LogP contribution in [-0.2, 0) is 14.4 Å². The first-order chi connectivity index (χ1) is 9.13. The molecule has 0 spiro atoms. The van der Waals surface area contributed by atoms with Gasteiger partial charge in [0.15, 0.2) is 0 Å². The Bertz CT molecular complexity index is 303. The van der Waals surface area contributed by atoms with Gasteiger partial charge in [-0.05, 0) is 12.8 Å². The normalized spacial score (nSPS) is 13.8. The lowest BCUT2D eigenvalue weighted by Gasteiger charge is -2.14. The van der Waals surface area contributed by atoms with Crippen LogP contribution in [0.25, 0.3) is 0 Å². The molecule has 1 fully saturated rings. The molecule has 5 heteroatoms. The molecular weight excluding hydrogens is 244 g/mol. The first kappa shape index (κ1) is 17.6. The summed E-state index contributed by atoms with van der Waals surface area (Å²) in [5.74, 6) is -0.615. The Morgan fingerprint density at radius 1 is 1.21 bits per heavy atom. The van der Waals surface area contributed by atoms with Gasteiger partial charge in [0.1, 0.15) is 0 Å². The molecule has 0 saturated carbocycles. The first-order valence-corrected chi connectivity index (χ1v) is 7.24. The number of imide groups is 1. The molecule has 0 aromatic heterocycles. The van der Waals surface area contributed by atoms with Crippen LogP contribution in [-0.4, -0.2) is 35.7 Å². The molecule has 1 aliphatic rings. The minimum absolute atomic E-state index is 0.00131. The zero-order valence-electron chi connectivity index (χ0n) is 12.3. The highest BCUT2D eigenvalue weighted by Gasteiger charge is 2.22. The number of hydrogen-bond donors (Lipinski definition) is 1. The SMILES string of the molecule is CC.CCCCCC(=O)NC(=O)CN1CCCC1=O. The van der Waals surface area contributed by atoms with Crippen LogP contribution in [0, 0.1) is 0 Å². The second-order valence-electron chi connectivity index (χ2n) is 4.35. The number of likely N-dealkylation sites (tertiary alicyclic amines) is 1. The van der Waals surface area contributed by atoms with Crippen molar-refractivity contribution < 1.29 is 14.4 Å². The molecule has 1 rings (SSSR count). The lowest BCUT2D eigenvalue weighted by molar-refractivity contribution is -0.136. The molecule has 0 bridgehead atoms. The quantitative estimate of drug-likeness (QED) is 0.749. The van der Waals surface area contributed by atoms with E-state index >= 15 is 0 Å². The molecule has 0 unspecified atom stereocenters. The number of carbonyl (C=O) groups excluding carboxylic acids is 3. The molecule has 0 aliphatic carbocycles. The minimum Gasteiger partial charge on any atom is -0.333 e. The highest BCUT2D eigenvalue weighted by atomic mass is 16.2. The van der Waals surface area contributed by atoms with E-state index in [0.29, 0.717) is 19.4 Å². The topological polar surface area (TPSA) is 66.5 Å². The van der Waals surface area contributed by atoms with Crippen LogP contribution in [0.1, 0.15) is 59.3 Å². The Kier molecular flexibility index (Phi) is 9.75. The molecule has 0 aromatic rings. The number of nitrogens with zero attached hydrogens (tertiary/aromatic N) is 1. The Hall–Kier alpha value is -1.39. The molecule has 1 N–H and O–H groups in total. The second-order valence-corrected chi connectivity index (χ2v) is 4.35. The van der Waals surface area contributed by atoms with Crippen LogP contribution in [0.3, 0.4) is 0 Å². The first-order valence-electron chi connectivity index (χ1n) is 7.24. The minimum atomic E-state index is -0.373. The third-order valence-electron chi connectivity index (χ3n) is 2.79. The molecule has 110 valence electrons. The number of amides is 3. The average Bonchev–Trinajstić information content (AvgIpc) is 2.77. The average molecular weight is 270 g/mol. The van der Waals surface area contributed by atoms with Gasteiger partial charge in [0.25, 0.3) is 0 Å². The fraction of sp³-hybridized carbons (Fsp3) is 0.786. The summed E-state index contributed by atoms with van der Waals surface area (Å²) >= 11 is 0. The van der Waals surface area contributed by atoms with Crippen LogP contribution in [0.4, 0.5) is 0 Å². The van der Waals surface area contributed by atoms with E-state index in [2.05, 4.69) is 12.2 Å². The Morgan fingerprint density at radius 2 is 1.89 bits per heavy atom. The fourth-order valence-corrected chi connectivity index (χ4v) is 1.84. The number of hydrogen-bond acceptors (Lipinski definition) is 3. The summed E-state index contributed by atoms with van der Waals surface area (Å²) in [7, 11) is 0. The van der Waals surface area contributed by atoms with Crippen LogP contribution in [0.15, 0.2) is 0 Å². The van der Waals surface area contributed by atoms with Crippen LogP contribution in [0.5, 0.6) is 0 Å². The van der Waals surface area contributed by atoms with Gasteiger partial charge in [-0.1, -0.05) is 33.6 Å². The van der Waals surface area contributed by atoms with Crippen molar-refractivity contribution in [2.24, 2.45) is 0 Å². The van der Waals surface area contributed by atoms with Gasteiger partial charge in [-0.15, -0.1) is 0 Å². The lowest BCUT2D eigenvalue weighted by Crippen LogP contribution is -2.40. The molecule has 0 atom stereocenters.